The Morgan fingerprint density at radius 3 is 2.45 bits per heavy atom. The zero-order valence-corrected chi connectivity index (χ0v) is 21.0. The van der Waals surface area contributed by atoms with Gasteiger partial charge < -0.3 is 20.3 Å². The molecule has 0 aliphatic carbocycles. The minimum atomic E-state index is -0.213. The van der Waals surface area contributed by atoms with Gasteiger partial charge in [0.15, 0.2) is 5.96 Å². The summed E-state index contributed by atoms with van der Waals surface area (Å²) in [5.41, 5.74) is 1.20. The van der Waals surface area contributed by atoms with Crippen LogP contribution in [0.5, 0.6) is 0 Å². The Hall–Kier alpha value is -0.930. The number of nitrogens with zero attached hydrogens (tertiary/aromatic N) is 2. The van der Waals surface area contributed by atoms with Gasteiger partial charge in [-0.2, -0.15) is 0 Å². The molecule has 3 unspecified atom stereocenters. The molecule has 2 N–H and O–H groups in total. The number of hydrogen-bond acceptors (Lipinski definition) is 3. The van der Waals surface area contributed by atoms with Crippen molar-refractivity contribution in [1.29, 1.82) is 0 Å². The van der Waals surface area contributed by atoms with E-state index in [1.807, 2.05) is 26.2 Å². The standard InChI is InChI=1S/C22H37FN4O.HI/c1-22(2,3)20-17(8-7-13-28-20)14-25-21(24-4)26-15-19(27(5)6)16-9-11-18(23)12-10-16;/h9-12,17,19-20H,7-8,13-15H2,1-6H3,(H2,24,25,26);1H. The SMILES string of the molecule is CN=C(NCC1CCCOC1C(C)(C)C)NCC(c1ccc(F)cc1)N(C)C.I. The van der Waals surface area contributed by atoms with Crippen molar-refractivity contribution in [3.05, 3.63) is 35.6 Å². The number of ether oxygens (including phenoxy) is 1. The molecule has 0 aromatic heterocycles. The second kappa shape index (κ2) is 12.1. The van der Waals surface area contributed by atoms with E-state index in [2.05, 4.69) is 41.3 Å². The Kier molecular flexibility index (Phi) is 10.8. The quantitative estimate of drug-likeness (QED) is 0.338. The maximum Gasteiger partial charge on any atom is 0.191 e. The van der Waals surface area contributed by atoms with Crippen molar-refractivity contribution in [1.82, 2.24) is 15.5 Å². The van der Waals surface area contributed by atoms with Crippen LogP contribution < -0.4 is 10.6 Å². The minimum absolute atomic E-state index is 0. The highest BCUT2D eigenvalue weighted by atomic mass is 127. The number of rotatable bonds is 6. The van der Waals surface area contributed by atoms with E-state index in [1.54, 1.807) is 7.05 Å². The number of halogens is 2. The molecule has 1 aliphatic rings. The van der Waals surface area contributed by atoms with E-state index in [0.717, 1.165) is 31.1 Å². The molecular formula is C22H38FIN4O. The predicted molar refractivity (Wildman–Crippen MR) is 130 cm³/mol. The van der Waals surface area contributed by atoms with Gasteiger partial charge in [0.1, 0.15) is 5.82 Å². The van der Waals surface area contributed by atoms with Gasteiger partial charge >= 0.3 is 0 Å². The second-order valence-electron chi connectivity index (χ2n) is 8.92. The number of aliphatic imine (C=N–C) groups is 1. The predicted octanol–water partition coefficient (Wildman–Crippen LogP) is 4.05. The normalized spacial score (nSPS) is 21.4. The molecule has 0 spiro atoms. The van der Waals surface area contributed by atoms with Gasteiger partial charge in [-0.25, -0.2) is 4.39 Å². The fraction of sp³-hybridized carbons (Fsp3) is 0.682. The third-order valence-electron chi connectivity index (χ3n) is 5.39. The number of guanidine groups is 1. The molecule has 0 amide bonds. The summed E-state index contributed by atoms with van der Waals surface area (Å²) in [6.07, 6.45) is 2.53. The maximum absolute atomic E-state index is 13.2. The lowest BCUT2D eigenvalue weighted by atomic mass is 9.78. The first-order valence-electron chi connectivity index (χ1n) is 10.2. The van der Waals surface area contributed by atoms with Gasteiger partial charge in [-0.3, -0.25) is 4.99 Å². The molecule has 7 heteroatoms. The van der Waals surface area contributed by atoms with Crippen LogP contribution in [0.2, 0.25) is 0 Å². The van der Waals surface area contributed by atoms with E-state index in [4.69, 9.17) is 4.74 Å². The highest BCUT2D eigenvalue weighted by Crippen LogP contribution is 2.33. The van der Waals surface area contributed by atoms with Gasteiger partial charge in [0.05, 0.1) is 12.1 Å². The molecule has 5 nitrogen and oxygen atoms in total. The van der Waals surface area contributed by atoms with E-state index in [9.17, 15) is 4.39 Å². The zero-order valence-electron chi connectivity index (χ0n) is 18.7. The molecule has 0 saturated carbocycles. The lowest BCUT2D eigenvalue weighted by molar-refractivity contribution is -0.0835. The molecule has 1 aliphatic heterocycles. The summed E-state index contributed by atoms with van der Waals surface area (Å²) in [4.78, 5) is 6.50. The minimum Gasteiger partial charge on any atom is -0.377 e. The van der Waals surface area contributed by atoms with Crippen LogP contribution in [0.3, 0.4) is 0 Å². The number of likely N-dealkylation sites (N-methyl/N-ethyl adjacent to an activating group) is 1. The van der Waals surface area contributed by atoms with Crippen LogP contribution in [0.4, 0.5) is 4.39 Å². The Morgan fingerprint density at radius 2 is 1.90 bits per heavy atom. The number of nitrogens with one attached hydrogen (secondary N) is 2. The molecular weight excluding hydrogens is 482 g/mol. The van der Waals surface area contributed by atoms with Gasteiger partial charge in [-0.05, 0) is 50.0 Å². The van der Waals surface area contributed by atoms with Crippen LogP contribution in [0.25, 0.3) is 0 Å². The van der Waals surface area contributed by atoms with E-state index in [1.165, 1.54) is 18.6 Å². The van der Waals surface area contributed by atoms with E-state index in [-0.39, 0.29) is 47.4 Å². The van der Waals surface area contributed by atoms with Crippen molar-refractivity contribution in [3.8, 4) is 0 Å². The van der Waals surface area contributed by atoms with Crippen LogP contribution in [0.15, 0.2) is 29.3 Å². The molecule has 0 radical (unpaired) electrons. The van der Waals surface area contributed by atoms with Crippen molar-refractivity contribution < 1.29 is 9.13 Å². The Labute approximate surface area is 192 Å². The monoisotopic (exact) mass is 520 g/mol. The number of hydrogen-bond donors (Lipinski definition) is 2. The average Bonchev–Trinajstić information content (AvgIpc) is 2.65. The first-order chi connectivity index (χ1) is 13.2. The molecule has 1 heterocycles. The molecule has 1 aromatic rings. The van der Waals surface area contributed by atoms with Gasteiger partial charge in [0.25, 0.3) is 0 Å². The van der Waals surface area contributed by atoms with Gasteiger partial charge in [-0.15, -0.1) is 24.0 Å². The number of benzene rings is 1. The highest BCUT2D eigenvalue weighted by Gasteiger charge is 2.35. The lowest BCUT2D eigenvalue weighted by Crippen LogP contribution is -2.48. The van der Waals surface area contributed by atoms with E-state index < -0.39 is 0 Å². The third-order valence-corrected chi connectivity index (χ3v) is 5.39. The molecule has 29 heavy (non-hydrogen) atoms. The molecule has 1 fully saturated rings. The molecule has 166 valence electrons. The van der Waals surface area contributed by atoms with Crippen LogP contribution in [-0.2, 0) is 4.74 Å². The van der Waals surface area contributed by atoms with E-state index >= 15 is 0 Å². The van der Waals surface area contributed by atoms with Gasteiger partial charge in [-0.1, -0.05) is 32.9 Å². The topological polar surface area (TPSA) is 48.9 Å². The first kappa shape index (κ1) is 26.1. The second-order valence-corrected chi connectivity index (χ2v) is 8.92. The van der Waals surface area contributed by atoms with Crippen LogP contribution in [0.1, 0.15) is 45.2 Å². The Balaban J connectivity index is 0.00000420. The smallest absolute Gasteiger partial charge is 0.191 e. The van der Waals surface area contributed by atoms with Crippen LogP contribution in [0, 0.1) is 17.2 Å². The fourth-order valence-electron chi connectivity index (χ4n) is 3.93. The summed E-state index contributed by atoms with van der Waals surface area (Å²) < 4.78 is 19.3. The van der Waals surface area contributed by atoms with E-state index in [0.29, 0.717) is 12.5 Å². The Morgan fingerprint density at radius 1 is 1.24 bits per heavy atom. The van der Waals surface area contributed by atoms with Crippen LogP contribution in [-0.4, -0.2) is 57.8 Å². The molecule has 1 saturated heterocycles. The molecule has 3 atom stereocenters. The summed E-state index contributed by atoms with van der Waals surface area (Å²) in [5, 5.41) is 6.90. The van der Waals surface area contributed by atoms with Crippen molar-refractivity contribution in [2.45, 2.75) is 45.8 Å². The van der Waals surface area contributed by atoms with Crippen molar-refractivity contribution in [2.75, 3.05) is 40.8 Å². The van der Waals surface area contributed by atoms with Gasteiger partial charge in [0, 0.05) is 32.7 Å². The third kappa shape index (κ3) is 8.02. The summed E-state index contributed by atoms with van der Waals surface area (Å²) in [5.74, 6) is 1.04. The summed E-state index contributed by atoms with van der Waals surface area (Å²) in [7, 11) is 5.84. The van der Waals surface area contributed by atoms with Crippen molar-refractivity contribution >= 4 is 29.9 Å². The summed E-state index contributed by atoms with van der Waals surface area (Å²) >= 11 is 0. The highest BCUT2D eigenvalue weighted by molar-refractivity contribution is 14.0. The van der Waals surface area contributed by atoms with Crippen molar-refractivity contribution in [3.63, 3.8) is 0 Å². The molecule has 1 aromatic carbocycles. The maximum atomic E-state index is 13.2. The lowest BCUT2D eigenvalue weighted by Gasteiger charge is -2.40. The summed E-state index contributed by atoms with van der Waals surface area (Å²) in [6, 6.07) is 6.82. The van der Waals surface area contributed by atoms with Crippen molar-refractivity contribution in [2.24, 2.45) is 16.3 Å². The molecule has 2 rings (SSSR count). The molecule has 0 bridgehead atoms. The first-order valence-corrected chi connectivity index (χ1v) is 10.2. The van der Waals surface area contributed by atoms with Crippen LogP contribution >= 0.6 is 24.0 Å². The summed E-state index contributed by atoms with van der Waals surface area (Å²) in [6.45, 7) is 9.11. The largest absolute Gasteiger partial charge is 0.377 e. The zero-order chi connectivity index (χ0) is 20.7. The fourth-order valence-corrected chi connectivity index (χ4v) is 3.93. The Bertz CT molecular complexity index is 631. The average molecular weight is 520 g/mol. The van der Waals surface area contributed by atoms with Gasteiger partial charge in [0.2, 0.25) is 0 Å².